The molecule has 0 unspecified atom stereocenters. The first-order valence-corrected chi connectivity index (χ1v) is 3.00. The van der Waals surface area contributed by atoms with Crippen LogP contribution in [0.25, 0.3) is 0 Å². The monoisotopic (exact) mass is 177 g/mol. The molecule has 58 valence electrons. The Morgan fingerprint density at radius 1 is 1.36 bits per heavy atom. The van der Waals surface area contributed by atoms with Crippen molar-refractivity contribution >= 4 is 16.8 Å². The fourth-order valence-corrected chi connectivity index (χ4v) is 0.687. The molecule has 0 saturated heterocycles. The van der Waals surface area contributed by atoms with E-state index >= 15 is 0 Å². The highest BCUT2D eigenvalue weighted by Crippen LogP contribution is 2.06. The van der Waals surface area contributed by atoms with Crippen molar-refractivity contribution in [2.75, 3.05) is 0 Å². The topological polar surface area (TPSA) is 30.0 Å². The van der Waals surface area contributed by atoms with Crippen LogP contribution in [-0.4, -0.2) is 10.2 Å². The predicted octanol–water partition coefficient (Wildman–Crippen LogP) is 1.74. The summed E-state index contributed by atoms with van der Waals surface area (Å²) >= 11 is 4.95. The van der Waals surface area contributed by atoms with Crippen molar-refractivity contribution in [3.8, 4) is 0 Å². The van der Waals surface area contributed by atoms with E-state index in [9.17, 15) is 13.6 Å². The third-order valence-electron chi connectivity index (χ3n) is 0.990. The molecule has 0 fully saturated rings. The number of pyridine rings is 1. The van der Waals surface area contributed by atoms with Crippen molar-refractivity contribution in [3.63, 3.8) is 0 Å². The largest absolute Gasteiger partial charge is 0.276 e. The maximum atomic E-state index is 12.2. The lowest BCUT2D eigenvalue weighted by molar-refractivity contribution is 0.108. The maximum absolute atomic E-state index is 12.2. The summed E-state index contributed by atoms with van der Waals surface area (Å²) in [6.07, 6.45) is 0. The van der Waals surface area contributed by atoms with Crippen molar-refractivity contribution < 1.29 is 13.6 Å². The summed E-state index contributed by atoms with van der Waals surface area (Å²) in [6.45, 7) is 0. The van der Waals surface area contributed by atoms with Crippen molar-refractivity contribution in [2.24, 2.45) is 0 Å². The lowest BCUT2D eigenvalue weighted by atomic mass is 10.3. The first-order chi connectivity index (χ1) is 5.09. The number of hydrogen-bond acceptors (Lipinski definition) is 2. The van der Waals surface area contributed by atoms with E-state index in [1.165, 1.54) is 0 Å². The molecule has 0 saturated carbocycles. The predicted molar refractivity (Wildman–Crippen MR) is 34.3 cm³/mol. The number of aromatic nitrogens is 1. The summed E-state index contributed by atoms with van der Waals surface area (Å²) in [4.78, 5) is 13.1. The third kappa shape index (κ3) is 1.94. The SMILES string of the molecule is O=C(Cl)c1cc(F)nc(F)c1. The molecule has 0 aromatic carbocycles. The van der Waals surface area contributed by atoms with Crippen LogP contribution in [0.2, 0.25) is 0 Å². The second-order valence-corrected chi connectivity index (χ2v) is 2.12. The number of hydrogen-bond donors (Lipinski definition) is 0. The van der Waals surface area contributed by atoms with Crippen molar-refractivity contribution in [1.29, 1.82) is 0 Å². The van der Waals surface area contributed by atoms with Crippen LogP contribution in [0.1, 0.15) is 10.4 Å². The molecule has 0 bridgehead atoms. The van der Waals surface area contributed by atoms with Gasteiger partial charge in [-0.15, -0.1) is 0 Å². The standard InChI is InChI=1S/C6H2ClF2NO/c7-6(11)3-1-4(8)10-5(9)2-3/h1-2H. The van der Waals surface area contributed by atoms with Gasteiger partial charge in [0.2, 0.25) is 11.9 Å². The van der Waals surface area contributed by atoms with Gasteiger partial charge < -0.3 is 0 Å². The highest BCUT2D eigenvalue weighted by molar-refractivity contribution is 6.67. The number of rotatable bonds is 1. The van der Waals surface area contributed by atoms with Gasteiger partial charge in [0.15, 0.2) is 0 Å². The molecule has 0 amide bonds. The molecule has 1 aromatic rings. The molecule has 1 heterocycles. The van der Waals surface area contributed by atoms with E-state index in [2.05, 4.69) is 4.98 Å². The average molecular weight is 178 g/mol. The van der Waals surface area contributed by atoms with Crippen LogP contribution in [0, 0.1) is 11.9 Å². The van der Waals surface area contributed by atoms with Gasteiger partial charge in [0.05, 0.1) is 0 Å². The van der Waals surface area contributed by atoms with E-state index in [0.29, 0.717) is 0 Å². The van der Waals surface area contributed by atoms with Crippen LogP contribution in [0.4, 0.5) is 8.78 Å². The molecule has 0 spiro atoms. The molecule has 0 atom stereocenters. The van der Waals surface area contributed by atoms with Crippen LogP contribution in [0.15, 0.2) is 12.1 Å². The van der Waals surface area contributed by atoms with Gasteiger partial charge in [0.1, 0.15) is 0 Å². The van der Waals surface area contributed by atoms with Crippen LogP contribution in [0.3, 0.4) is 0 Å². The van der Waals surface area contributed by atoms with Gasteiger partial charge in [-0.3, -0.25) is 4.79 Å². The van der Waals surface area contributed by atoms with Crippen molar-refractivity contribution in [3.05, 3.63) is 29.6 Å². The minimum Gasteiger partial charge on any atom is -0.276 e. The molecule has 1 aromatic heterocycles. The van der Waals surface area contributed by atoms with Crippen molar-refractivity contribution in [1.82, 2.24) is 4.98 Å². The summed E-state index contributed by atoms with van der Waals surface area (Å²) < 4.78 is 24.5. The van der Waals surface area contributed by atoms with Gasteiger partial charge in [-0.1, -0.05) is 0 Å². The van der Waals surface area contributed by atoms with E-state index in [4.69, 9.17) is 11.6 Å². The molecule has 2 nitrogen and oxygen atoms in total. The summed E-state index contributed by atoms with van der Waals surface area (Å²) in [7, 11) is 0. The molecule has 5 heteroatoms. The van der Waals surface area contributed by atoms with Gasteiger partial charge in [0.25, 0.3) is 5.24 Å². The van der Waals surface area contributed by atoms with Gasteiger partial charge in [-0.2, -0.15) is 13.8 Å². The first-order valence-electron chi connectivity index (χ1n) is 2.62. The number of halogens is 3. The van der Waals surface area contributed by atoms with Crippen LogP contribution in [0.5, 0.6) is 0 Å². The van der Waals surface area contributed by atoms with Gasteiger partial charge in [-0.25, -0.2) is 0 Å². The van der Waals surface area contributed by atoms with E-state index < -0.39 is 17.1 Å². The zero-order chi connectivity index (χ0) is 8.43. The lowest BCUT2D eigenvalue weighted by Crippen LogP contribution is -1.95. The zero-order valence-electron chi connectivity index (χ0n) is 5.14. The highest BCUT2D eigenvalue weighted by atomic mass is 35.5. The fourth-order valence-electron chi connectivity index (χ4n) is 0.578. The number of carbonyl (C=O) groups excluding carboxylic acids is 1. The molecule has 0 aliphatic rings. The Hall–Kier alpha value is -1.03. The normalized spacial score (nSPS) is 9.73. The summed E-state index contributed by atoms with van der Waals surface area (Å²) in [5.74, 6) is -2.12. The molecule has 0 radical (unpaired) electrons. The quantitative estimate of drug-likeness (QED) is 0.483. The van der Waals surface area contributed by atoms with E-state index in [1.807, 2.05) is 0 Å². The van der Waals surface area contributed by atoms with Gasteiger partial charge >= 0.3 is 0 Å². The maximum Gasteiger partial charge on any atom is 0.252 e. The first kappa shape index (κ1) is 8.07. The minimum atomic E-state index is -1.06. The van der Waals surface area contributed by atoms with Gasteiger partial charge in [-0.05, 0) is 11.6 Å². The summed E-state index contributed by atoms with van der Waals surface area (Å²) in [6, 6.07) is 1.52. The van der Waals surface area contributed by atoms with Crippen LogP contribution < -0.4 is 0 Å². The Kier molecular flexibility index (Phi) is 2.14. The zero-order valence-corrected chi connectivity index (χ0v) is 5.90. The average Bonchev–Trinajstić information content (AvgIpc) is 1.85. The van der Waals surface area contributed by atoms with Gasteiger partial charge in [0, 0.05) is 17.7 Å². The van der Waals surface area contributed by atoms with E-state index in [1.54, 1.807) is 0 Å². The lowest BCUT2D eigenvalue weighted by Gasteiger charge is -1.92. The smallest absolute Gasteiger partial charge is 0.252 e. The Balaban J connectivity index is 3.19. The minimum absolute atomic E-state index is 0.239. The molecule has 0 N–H and O–H groups in total. The fraction of sp³-hybridized carbons (Fsp3) is 0. The Morgan fingerprint density at radius 3 is 2.18 bits per heavy atom. The summed E-state index contributed by atoms with van der Waals surface area (Å²) in [5.41, 5.74) is -0.239. The molecular weight excluding hydrogens is 176 g/mol. The second kappa shape index (κ2) is 2.92. The summed E-state index contributed by atoms with van der Waals surface area (Å²) in [5, 5.41) is -0.912. The van der Waals surface area contributed by atoms with E-state index in [0.717, 1.165) is 12.1 Å². The van der Waals surface area contributed by atoms with Crippen LogP contribution >= 0.6 is 11.6 Å². The Bertz CT molecular complexity index is 282. The third-order valence-corrected chi connectivity index (χ3v) is 1.21. The Morgan fingerprint density at radius 2 is 1.82 bits per heavy atom. The molecule has 11 heavy (non-hydrogen) atoms. The number of carbonyl (C=O) groups is 1. The van der Waals surface area contributed by atoms with E-state index in [-0.39, 0.29) is 5.56 Å². The molecule has 0 aliphatic carbocycles. The molecule has 1 rings (SSSR count). The molecule has 0 aliphatic heterocycles. The number of nitrogens with zero attached hydrogens (tertiary/aromatic N) is 1. The second-order valence-electron chi connectivity index (χ2n) is 1.77. The highest BCUT2D eigenvalue weighted by Gasteiger charge is 2.06. The van der Waals surface area contributed by atoms with Crippen LogP contribution in [-0.2, 0) is 0 Å². The molecular formula is C6H2ClF2NO. The van der Waals surface area contributed by atoms with Crippen molar-refractivity contribution in [2.45, 2.75) is 0 Å². The Labute approximate surface area is 65.8 Å².